The Bertz CT molecular complexity index is 543. The molecule has 2 rings (SSSR count). The van der Waals surface area contributed by atoms with Crippen LogP contribution < -0.4 is 11.1 Å². The van der Waals surface area contributed by atoms with Gasteiger partial charge in [0.2, 0.25) is 0 Å². The van der Waals surface area contributed by atoms with Crippen LogP contribution in [0.3, 0.4) is 0 Å². The number of aromatic nitrogens is 3. The molecule has 2 aromatic rings. The predicted octanol–water partition coefficient (Wildman–Crippen LogP) is 0.938. The Morgan fingerprint density at radius 2 is 2.18 bits per heavy atom. The van der Waals surface area contributed by atoms with Gasteiger partial charge in [0.05, 0.1) is 17.9 Å². The zero-order chi connectivity index (χ0) is 12.1. The first-order valence-corrected chi connectivity index (χ1v) is 4.96. The molecule has 0 atom stereocenters. The third-order valence-electron chi connectivity index (χ3n) is 2.11. The Morgan fingerprint density at radius 1 is 1.29 bits per heavy atom. The van der Waals surface area contributed by atoms with Gasteiger partial charge >= 0.3 is 0 Å². The number of nitrogen functional groups attached to an aromatic ring is 1. The number of hydrogen-bond donors (Lipinski definition) is 2. The molecule has 6 heteroatoms. The summed E-state index contributed by atoms with van der Waals surface area (Å²) in [7, 11) is 0. The van der Waals surface area contributed by atoms with Gasteiger partial charge in [0.25, 0.3) is 0 Å². The van der Waals surface area contributed by atoms with E-state index < -0.39 is 0 Å². The van der Waals surface area contributed by atoms with E-state index in [2.05, 4.69) is 20.5 Å². The molecular weight excluding hydrogens is 216 g/mol. The van der Waals surface area contributed by atoms with Crippen LogP contribution in [0.2, 0.25) is 0 Å². The highest BCUT2D eigenvalue weighted by molar-refractivity contribution is 5.60. The fourth-order valence-electron chi connectivity index (χ4n) is 1.25. The third-order valence-corrected chi connectivity index (χ3v) is 2.11. The van der Waals surface area contributed by atoms with Crippen molar-refractivity contribution < 1.29 is 0 Å². The van der Waals surface area contributed by atoms with Crippen LogP contribution in [-0.4, -0.2) is 15.2 Å². The van der Waals surface area contributed by atoms with Gasteiger partial charge in [-0.05, 0) is 24.3 Å². The molecule has 0 aliphatic heterocycles. The van der Waals surface area contributed by atoms with Crippen molar-refractivity contribution >= 4 is 11.5 Å². The average molecular weight is 226 g/mol. The third kappa shape index (κ3) is 2.66. The number of nitriles is 1. The van der Waals surface area contributed by atoms with Crippen molar-refractivity contribution in [2.45, 2.75) is 6.54 Å². The summed E-state index contributed by atoms with van der Waals surface area (Å²) in [6.45, 7) is 0.458. The molecule has 0 aromatic carbocycles. The van der Waals surface area contributed by atoms with Crippen molar-refractivity contribution in [3.05, 3.63) is 41.9 Å². The molecule has 0 aliphatic carbocycles. The van der Waals surface area contributed by atoms with E-state index in [1.54, 1.807) is 30.5 Å². The molecule has 84 valence electrons. The molecule has 0 bridgehead atoms. The smallest absolute Gasteiger partial charge is 0.163 e. The van der Waals surface area contributed by atoms with Crippen LogP contribution in [0.5, 0.6) is 0 Å². The molecule has 2 aromatic heterocycles. The van der Waals surface area contributed by atoms with Crippen LogP contribution in [0.25, 0.3) is 0 Å². The number of rotatable bonds is 3. The topological polar surface area (TPSA) is 101 Å². The molecule has 0 aliphatic rings. The first-order chi connectivity index (χ1) is 8.29. The fraction of sp³-hybridized carbons (Fsp3) is 0.0909. The Hall–Kier alpha value is -2.68. The van der Waals surface area contributed by atoms with Gasteiger partial charge in [0.15, 0.2) is 5.69 Å². The second-order valence-corrected chi connectivity index (χ2v) is 3.32. The second kappa shape index (κ2) is 4.90. The lowest BCUT2D eigenvalue weighted by Gasteiger charge is -2.06. The van der Waals surface area contributed by atoms with Gasteiger partial charge in [-0.2, -0.15) is 10.4 Å². The summed E-state index contributed by atoms with van der Waals surface area (Å²) in [5.74, 6) is 0.610. The van der Waals surface area contributed by atoms with E-state index in [0.717, 1.165) is 0 Å². The Balaban J connectivity index is 2.03. The van der Waals surface area contributed by atoms with E-state index in [9.17, 15) is 0 Å². The van der Waals surface area contributed by atoms with Crippen molar-refractivity contribution in [1.29, 1.82) is 5.26 Å². The second-order valence-electron chi connectivity index (χ2n) is 3.32. The van der Waals surface area contributed by atoms with E-state index in [0.29, 0.717) is 29.4 Å². The van der Waals surface area contributed by atoms with E-state index in [4.69, 9.17) is 11.0 Å². The standard InChI is InChI=1S/C11H10N6/c12-6-8-3-4-9(17-16-8)7-15-11-10(13)2-1-5-14-11/h1-5H,7,13H2,(H,14,15). The number of hydrogen-bond acceptors (Lipinski definition) is 6. The van der Waals surface area contributed by atoms with Gasteiger partial charge in [-0.3, -0.25) is 0 Å². The van der Waals surface area contributed by atoms with E-state index in [-0.39, 0.29) is 0 Å². The van der Waals surface area contributed by atoms with E-state index >= 15 is 0 Å². The first-order valence-electron chi connectivity index (χ1n) is 4.96. The van der Waals surface area contributed by atoms with Crippen molar-refractivity contribution in [3.8, 4) is 6.07 Å². The molecule has 3 N–H and O–H groups in total. The van der Waals surface area contributed by atoms with Crippen LogP contribution in [0.15, 0.2) is 30.5 Å². The molecule has 2 heterocycles. The minimum Gasteiger partial charge on any atom is -0.396 e. The van der Waals surface area contributed by atoms with Crippen molar-refractivity contribution in [2.75, 3.05) is 11.1 Å². The van der Waals surface area contributed by atoms with Gasteiger partial charge in [-0.1, -0.05) is 0 Å². The molecule has 17 heavy (non-hydrogen) atoms. The van der Waals surface area contributed by atoms with Crippen LogP contribution in [-0.2, 0) is 6.54 Å². The maximum Gasteiger partial charge on any atom is 0.163 e. The highest BCUT2D eigenvalue weighted by Crippen LogP contribution is 2.13. The molecule has 0 fully saturated rings. The fourth-order valence-corrected chi connectivity index (χ4v) is 1.25. The lowest BCUT2D eigenvalue weighted by atomic mass is 10.3. The lowest BCUT2D eigenvalue weighted by Crippen LogP contribution is -2.06. The molecule has 0 unspecified atom stereocenters. The number of nitrogens with two attached hydrogens (primary N) is 1. The zero-order valence-electron chi connectivity index (χ0n) is 8.96. The quantitative estimate of drug-likeness (QED) is 0.807. The SMILES string of the molecule is N#Cc1ccc(CNc2ncccc2N)nn1. The van der Waals surface area contributed by atoms with Crippen LogP contribution >= 0.6 is 0 Å². The summed E-state index contributed by atoms with van der Waals surface area (Å²) in [4.78, 5) is 4.09. The Labute approximate surface area is 98.1 Å². The highest BCUT2D eigenvalue weighted by atomic mass is 15.1. The number of pyridine rings is 1. The van der Waals surface area contributed by atoms with Gasteiger partial charge < -0.3 is 11.1 Å². The maximum absolute atomic E-state index is 8.58. The molecule has 0 saturated heterocycles. The normalized spacial score (nSPS) is 9.59. The number of anilines is 2. The summed E-state index contributed by atoms with van der Waals surface area (Å²) in [5, 5.41) is 19.2. The highest BCUT2D eigenvalue weighted by Gasteiger charge is 2.00. The van der Waals surface area contributed by atoms with Crippen molar-refractivity contribution in [3.63, 3.8) is 0 Å². The first kappa shape index (κ1) is 10.8. The lowest BCUT2D eigenvalue weighted by molar-refractivity contribution is 0.910. The van der Waals surface area contributed by atoms with E-state index in [1.807, 2.05) is 6.07 Å². The van der Waals surface area contributed by atoms with Gasteiger partial charge in [0, 0.05) is 6.20 Å². The summed E-state index contributed by atoms with van der Waals surface area (Å²) in [6, 6.07) is 8.79. The Kier molecular flexibility index (Phi) is 3.12. The van der Waals surface area contributed by atoms with Gasteiger partial charge in [-0.25, -0.2) is 4.98 Å². The predicted molar refractivity (Wildman–Crippen MR) is 62.7 cm³/mol. The van der Waals surface area contributed by atoms with Crippen LogP contribution in [0, 0.1) is 11.3 Å². The summed E-state index contributed by atoms with van der Waals surface area (Å²) in [6.07, 6.45) is 1.66. The van der Waals surface area contributed by atoms with Gasteiger partial charge in [0.1, 0.15) is 11.9 Å². The maximum atomic E-state index is 8.58. The van der Waals surface area contributed by atoms with Crippen LogP contribution in [0.1, 0.15) is 11.4 Å². The molecule has 0 spiro atoms. The minimum absolute atomic E-state index is 0.297. The summed E-state index contributed by atoms with van der Waals surface area (Å²) >= 11 is 0. The Morgan fingerprint density at radius 3 is 2.82 bits per heavy atom. The minimum atomic E-state index is 0.297. The molecule has 0 amide bonds. The largest absolute Gasteiger partial charge is 0.396 e. The van der Waals surface area contributed by atoms with E-state index in [1.165, 1.54) is 0 Å². The number of nitrogens with zero attached hydrogens (tertiary/aromatic N) is 4. The summed E-state index contributed by atoms with van der Waals surface area (Å²) in [5.41, 5.74) is 7.32. The molecule has 0 radical (unpaired) electrons. The van der Waals surface area contributed by atoms with Crippen molar-refractivity contribution in [2.24, 2.45) is 0 Å². The molecule has 6 nitrogen and oxygen atoms in total. The monoisotopic (exact) mass is 226 g/mol. The molecular formula is C11H10N6. The average Bonchev–Trinajstić information content (AvgIpc) is 2.38. The molecule has 0 saturated carbocycles. The zero-order valence-corrected chi connectivity index (χ0v) is 8.96. The van der Waals surface area contributed by atoms with Crippen LogP contribution in [0.4, 0.5) is 11.5 Å². The summed E-state index contributed by atoms with van der Waals surface area (Å²) < 4.78 is 0. The van der Waals surface area contributed by atoms with Gasteiger partial charge in [-0.15, -0.1) is 5.10 Å². The van der Waals surface area contributed by atoms with Crippen molar-refractivity contribution in [1.82, 2.24) is 15.2 Å². The number of nitrogens with one attached hydrogen (secondary N) is 1.